The fourth-order valence-corrected chi connectivity index (χ4v) is 2.16. The second-order valence-electron chi connectivity index (χ2n) is 4.95. The van der Waals surface area contributed by atoms with Gasteiger partial charge in [-0.15, -0.1) is 0 Å². The van der Waals surface area contributed by atoms with Crippen molar-refractivity contribution in [1.82, 2.24) is 5.32 Å². The maximum Gasteiger partial charge on any atom is 0.251 e. The number of unbranched alkanes of at least 4 members (excludes halogenated alkanes) is 1. The summed E-state index contributed by atoms with van der Waals surface area (Å²) in [4.78, 5) is 11.8. The average molecular weight is 314 g/mol. The summed E-state index contributed by atoms with van der Waals surface area (Å²) < 4.78 is 27.6. The molecule has 0 radical (unpaired) electrons. The summed E-state index contributed by atoms with van der Waals surface area (Å²) in [6.45, 7) is 5.19. The number of nitrogens with two attached hydrogens (primary N) is 1. The molecule has 0 aliphatic rings. The van der Waals surface area contributed by atoms with Crippen LogP contribution in [0.25, 0.3) is 0 Å². The van der Waals surface area contributed by atoms with Gasteiger partial charge in [0, 0.05) is 18.7 Å². The van der Waals surface area contributed by atoms with Crippen LogP contribution >= 0.6 is 0 Å². The lowest BCUT2D eigenvalue weighted by Gasteiger charge is -2.08. The minimum Gasteiger partial charge on any atom is -0.379 e. The minimum absolute atomic E-state index is 0.00937. The number of primary sulfonamides is 1. The van der Waals surface area contributed by atoms with Crippen LogP contribution in [0.2, 0.25) is 0 Å². The van der Waals surface area contributed by atoms with Gasteiger partial charge in [-0.1, -0.05) is 0 Å². The Bertz CT molecular complexity index is 553. The van der Waals surface area contributed by atoms with Crippen LogP contribution < -0.4 is 10.5 Å². The van der Waals surface area contributed by atoms with Gasteiger partial charge in [0.15, 0.2) is 0 Å². The molecule has 118 valence electrons. The maximum atomic E-state index is 11.8. The molecule has 0 unspecified atom stereocenters. The number of rotatable bonds is 8. The fourth-order valence-electron chi connectivity index (χ4n) is 1.65. The van der Waals surface area contributed by atoms with E-state index in [-0.39, 0.29) is 16.9 Å². The maximum absolute atomic E-state index is 11.8. The molecule has 0 saturated heterocycles. The molecule has 0 aliphatic carbocycles. The number of carbonyl (C=O) groups excluding carboxylic acids is 1. The van der Waals surface area contributed by atoms with Crippen molar-refractivity contribution in [3.63, 3.8) is 0 Å². The van der Waals surface area contributed by atoms with E-state index in [1.165, 1.54) is 24.3 Å². The Labute approximate surface area is 125 Å². The summed E-state index contributed by atoms with van der Waals surface area (Å²) in [7, 11) is -3.73. The molecule has 1 aromatic carbocycles. The molecule has 3 N–H and O–H groups in total. The molecule has 6 nitrogen and oxygen atoms in total. The predicted octanol–water partition coefficient (Wildman–Crippen LogP) is 1.27. The molecule has 1 aromatic rings. The van der Waals surface area contributed by atoms with Crippen molar-refractivity contribution in [1.29, 1.82) is 0 Å². The van der Waals surface area contributed by atoms with E-state index >= 15 is 0 Å². The van der Waals surface area contributed by atoms with E-state index in [1.807, 2.05) is 13.8 Å². The Morgan fingerprint density at radius 2 is 1.86 bits per heavy atom. The summed E-state index contributed by atoms with van der Waals surface area (Å²) in [6, 6.07) is 5.52. The van der Waals surface area contributed by atoms with Gasteiger partial charge in [0.25, 0.3) is 5.91 Å². The third kappa shape index (κ3) is 6.70. The van der Waals surface area contributed by atoms with E-state index in [4.69, 9.17) is 9.88 Å². The number of ether oxygens (including phenoxy) is 1. The second kappa shape index (κ2) is 8.11. The van der Waals surface area contributed by atoms with Gasteiger partial charge in [0.05, 0.1) is 11.0 Å². The summed E-state index contributed by atoms with van der Waals surface area (Å²) in [5, 5.41) is 7.76. The third-order valence-corrected chi connectivity index (χ3v) is 3.68. The first kappa shape index (κ1) is 17.6. The molecule has 21 heavy (non-hydrogen) atoms. The van der Waals surface area contributed by atoms with Crippen LogP contribution in [0.5, 0.6) is 0 Å². The zero-order chi connectivity index (χ0) is 15.9. The lowest BCUT2D eigenvalue weighted by atomic mass is 10.2. The van der Waals surface area contributed by atoms with Crippen molar-refractivity contribution < 1.29 is 17.9 Å². The number of hydrogen-bond donors (Lipinski definition) is 2. The highest BCUT2D eigenvalue weighted by Crippen LogP contribution is 2.08. The van der Waals surface area contributed by atoms with Gasteiger partial charge in [0.1, 0.15) is 0 Å². The highest BCUT2D eigenvalue weighted by molar-refractivity contribution is 7.89. The lowest BCUT2D eigenvalue weighted by molar-refractivity contribution is 0.0754. The van der Waals surface area contributed by atoms with E-state index in [0.29, 0.717) is 18.7 Å². The molecule has 0 aliphatic heterocycles. The van der Waals surface area contributed by atoms with Gasteiger partial charge in [-0.3, -0.25) is 4.79 Å². The SMILES string of the molecule is CC(C)OCCCCNC(=O)c1ccc(S(N)(=O)=O)cc1. The zero-order valence-corrected chi connectivity index (χ0v) is 13.2. The molecule has 1 amide bonds. The first-order chi connectivity index (χ1) is 9.80. The Kier molecular flexibility index (Phi) is 6.80. The summed E-state index contributed by atoms with van der Waals surface area (Å²) in [6.07, 6.45) is 1.92. The van der Waals surface area contributed by atoms with Crippen molar-refractivity contribution in [2.45, 2.75) is 37.7 Å². The third-order valence-electron chi connectivity index (χ3n) is 2.75. The number of nitrogens with one attached hydrogen (secondary N) is 1. The van der Waals surface area contributed by atoms with E-state index in [9.17, 15) is 13.2 Å². The standard InChI is InChI=1S/C14H22N2O4S/c1-11(2)20-10-4-3-9-16-14(17)12-5-7-13(8-6-12)21(15,18)19/h5-8,11H,3-4,9-10H2,1-2H3,(H,16,17)(H2,15,18,19). The van der Waals surface area contributed by atoms with E-state index < -0.39 is 10.0 Å². The Morgan fingerprint density at radius 3 is 2.38 bits per heavy atom. The Hall–Kier alpha value is -1.44. The highest BCUT2D eigenvalue weighted by atomic mass is 32.2. The molecular weight excluding hydrogens is 292 g/mol. The highest BCUT2D eigenvalue weighted by Gasteiger charge is 2.09. The minimum atomic E-state index is -3.73. The lowest BCUT2D eigenvalue weighted by Crippen LogP contribution is -2.24. The molecule has 0 atom stereocenters. The monoisotopic (exact) mass is 314 g/mol. The first-order valence-electron chi connectivity index (χ1n) is 6.83. The van der Waals surface area contributed by atoms with Crippen LogP contribution in [0.4, 0.5) is 0 Å². The first-order valence-corrected chi connectivity index (χ1v) is 8.38. The Balaban J connectivity index is 2.36. The van der Waals surface area contributed by atoms with E-state index in [0.717, 1.165) is 12.8 Å². The van der Waals surface area contributed by atoms with Gasteiger partial charge in [-0.05, 0) is 51.0 Å². The summed E-state index contributed by atoms with van der Waals surface area (Å²) in [5.41, 5.74) is 0.404. The topological polar surface area (TPSA) is 98.5 Å². The second-order valence-corrected chi connectivity index (χ2v) is 6.51. The molecule has 0 heterocycles. The number of benzene rings is 1. The van der Waals surface area contributed by atoms with Crippen LogP contribution in [-0.4, -0.2) is 33.6 Å². The quantitative estimate of drug-likeness (QED) is 0.706. The number of hydrogen-bond acceptors (Lipinski definition) is 4. The molecule has 0 fully saturated rings. The summed E-state index contributed by atoms with van der Waals surface area (Å²) in [5.74, 6) is -0.235. The molecule has 1 rings (SSSR count). The van der Waals surface area contributed by atoms with E-state index in [1.54, 1.807) is 0 Å². The largest absolute Gasteiger partial charge is 0.379 e. The normalized spacial score (nSPS) is 11.6. The fraction of sp³-hybridized carbons (Fsp3) is 0.500. The van der Waals surface area contributed by atoms with Crippen LogP contribution in [-0.2, 0) is 14.8 Å². The molecule has 0 saturated carbocycles. The van der Waals surface area contributed by atoms with Crippen LogP contribution in [0.15, 0.2) is 29.2 Å². The van der Waals surface area contributed by atoms with Crippen LogP contribution in [0.1, 0.15) is 37.0 Å². The molecular formula is C14H22N2O4S. The summed E-state index contributed by atoms with van der Waals surface area (Å²) >= 11 is 0. The van der Waals surface area contributed by atoms with E-state index in [2.05, 4.69) is 5.32 Å². The number of amides is 1. The van der Waals surface area contributed by atoms with Gasteiger partial charge >= 0.3 is 0 Å². The number of carbonyl (C=O) groups is 1. The van der Waals surface area contributed by atoms with Gasteiger partial charge in [0.2, 0.25) is 10.0 Å². The zero-order valence-electron chi connectivity index (χ0n) is 12.3. The van der Waals surface area contributed by atoms with Crippen molar-refractivity contribution in [2.24, 2.45) is 5.14 Å². The van der Waals surface area contributed by atoms with Crippen LogP contribution in [0.3, 0.4) is 0 Å². The van der Waals surface area contributed by atoms with Crippen LogP contribution in [0, 0.1) is 0 Å². The van der Waals surface area contributed by atoms with Crippen molar-refractivity contribution >= 4 is 15.9 Å². The molecule has 7 heteroatoms. The molecule has 0 aromatic heterocycles. The number of sulfonamides is 1. The molecule has 0 bridgehead atoms. The van der Waals surface area contributed by atoms with Crippen molar-refractivity contribution in [2.75, 3.05) is 13.2 Å². The van der Waals surface area contributed by atoms with Gasteiger partial charge in [-0.2, -0.15) is 0 Å². The molecule has 0 spiro atoms. The van der Waals surface area contributed by atoms with Crippen molar-refractivity contribution in [3.05, 3.63) is 29.8 Å². The smallest absolute Gasteiger partial charge is 0.251 e. The van der Waals surface area contributed by atoms with Gasteiger partial charge < -0.3 is 10.1 Å². The average Bonchev–Trinajstić information content (AvgIpc) is 2.41. The van der Waals surface area contributed by atoms with Crippen molar-refractivity contribution in [3.8, 4) is 0 Å². The van der Waals surface area contributed by atoms with Gasteiger partial charge in [-0.25, -0.2) is 13.6 Å². The predicted molar refractivity (Wildman–Crippen MR) is 80.5 cm³/mol. The Morgan fingerprint density at radius 1 is 1.24 bits per heavy atom.